The van der Waals surface area contributed by atoms with Gasteiger partial charge in [0.15, 0.2) is 0 Å². The van der Waals surface area contributed by atoms with Crippen molar-refractivity contribution >= 4 is 5.82 Å². The summed E-state index contributed by atoms with van der Waals surface area (Å²) in [5.74, 6) is 6.14. The number of ether oxygens (including phenoxy) is 2. The van der Waals surface area contributed by atoms with E-state index in [-0.39, 0.29) is 31.7 Å². The Kier molecular flexibility index (Phi) is 7.93. The van der Waals surface area contributed by atoms with Gasteiger partial charge in [-0.05, 0) is 37.1 Å². The molecule has 33 heavy (non-hydrogen) atoms. The summed E-state index contributed by atoms with van der Waals surface area (Å²) in [6.45, 7) is -0.414. The van der Waals surface area contributed by atoms with Gasteiger partial charge in [0.25, 0.3) is 0 Å². The molecule has 0 aliphatic carbocycles. The van der Waals surface area contributed by atoms with E-state index in [9.17, 15) is 23.1 Å². The first-order valence-electron chi connectivity index (χ1n) is 10.1. The second-order valence-electron chi connectivity index (χ2n) is 7.22. The first-order chi connectivity index (χ1) is 15.7. The van der Waals surface area contributed by atoms with Crippen LogP contribution in [-0.4, -0.2) is 58.0 Å². The number of benzene rings is 1. The summed E-state index contributed by atoms with van der Waals surface area (Å²) < 4.78 is 48.9. The molecule has 2 aromatic rings. The highest BCUT2D eigenvalue weighted by atomic mass is 19.4. The molecule has 0 radical (unpaired) electrons. The molecule has 0 saturated carbocycles. The lowest BCUT2D eigenvalue weighted by molar-refractivity contribution is -0.213. The lowest BCUT2D eigenvalue weighted by atomic mass is 10.2. The molecular weight excluding hydrogens is 445 g/mol. The van der Waals surface area contributed by atoms with Crippen LogP contribution in [0.1, 0.15) is 30.2 Å². The van der Waals surface area contributed by atoms with E-state index in [2.05, 4.69) is 16.8 Å². The smallest absolute Gasteiger partial charge is 0.427 e. The van der Waals surface area contributed by atoms with Crippen molar-refractivity contribution in [3.63, 3.8) is 0 Å². The second kappa shape index (κ2) is 10.7. The molecule has 2 heterocycles. The molecule has 1 aromatic carbocycles. The SMILES string of the molecule is Nc1nc(=O)n(C2CCC(CO)O2)cc1C#Cc1ccc(OCCNC(O)C(F)(F)F)cc1. The Bertz CT molecular complexity index is 1060. The Morgan fingerprint density at radius 3 is 2.67 bits per heavy atom. The Morgan fingerprint density at radius 2 is 2.03 bits per heavy atom. The lowest BCUT2D eigenvalue weighted by Gasteiger charge is -2.16. The molecule has 0 spiro atoms. The first-order valence-corrected chi connectivity index (χ1v) is 10.1. The molecule has 1 fully saturated rings. The zero-order chi connectivity index (χ0) is 24.0. The third-order valence-corrected chi connectivity index (χ3v) is 4.79. The van der Waals surface area contributed by atoms with Gasteiger partial charge in [0.05, 0.1) is 18.3 Å². The number of hydrogen-bond donors (Lipinski definition) is 4. The number of hydrogen-bond acceptors (Lipinski definition) is 8. The van der Waals surface area contributed by atoms with Gasteiger partial charge in [-0.15, -0.1) is 0 Å². The molecule has 12 heteroatoms. The van der Waals surface area contributed by atoms with Crippen molar-refractivity contribution in [2.75, 3.05) is 25.5 Å². The van der Waals surface area contributed by atoms with Crippen molar-refractivity contribution in [2.24, 2.45) is 0 Å². The Morgan fingerprint density at radius 1 is 1.30 bits per heavy atom. The topological polar surface area (TPSA) is 132 Å². The van der Waals surface area contributed by atoms with Gasteiger partial charge in [-0.1, -0.05) is 11.8 Å². The zero-order valence-corrected chi connectivity index (χ0v) is 17.4. The molecule has 3 rings (SSSR count). The Balaban J connectivity index is 1.61. The average Bonchev–Trinajstić information content (AvgIpc) is 3.25. The third-order valence-electron chi connectivity index (χ3n) is 4.79. The number of nitrogens with two attached hydrogens (primary N) is 1. The van der Waals surface area contributed by atoms with Gasteiger partial charge in [0.2, 0.25) is 6.23 Å². The van der Waals surface area contributed by atoms with Crippen molar-refractivity contribution in [2.45, 2.75) is 37.6 Å². The molecule has 1 aromatic heterocycles. The summed E-state index contributed by atoms with van der Waals surface area (Å²) in [5, 5.41) is 20.0. The minimum absolute atomic E-state index is 0.0195. The van der Waals surface area contributed by atoms with E-state index >= 15 is 0 Å². The summed E-state index contributed by atoms with van der Waals surface area (Å²) in [6, 6.07) is 6.47. The van der Waals surface area contributed by atoms with Crippen LogP contribution in [-0.2, 0) is 4.74 Å². The molecule has 0 amide bonds. The Hall–Kier alpha value is -3.11. The molecule has 3 unspecified atom stereocenters. The molecule has 178 valence electrons. The van der Waals surface area contributed by atoms with Gasteiger partial charge in [0.1, 0.15) is 24.4 Å². The highest BCUT2D eigenvalue weighted by Crippen LogP contribution is 2.27. The molecule has 9 nitrogen and oxygen atoms in total. The zero-order valence-electron chi connectivity index (χ0n) is 17.4. The molecule has 1 saturated heterocycles. The summed E-state index contributed by atoms with van der Waals surface area (Å²) in [4.78, 5) is 16.0. The van der Waals surface area contributed by atoms with E-state index in [1.54, 1.807) is 24.3 Å². The number of anilines is 1. The Labute approximate surface area is 187 Å². The predicted molar refractivity (Wildman–Crippen MR) is 111 cm³/mol. The van der Waals surface area contributed by atoms with E-state index in [0.29, 0.717) is 29.7 Å². The van der Waals surface area contributed by atoms with E-state index in [1.165, 1.54) is 10.8 Å². The molecule has 3 atom stereocenters. The standard InChI is InChI=1S/C21H23F3N4O5/c22-21(23,24)19(30)26-9-10-32-15-5-2-13(3-6-15)1-4-14-11-28(20(31)27-18(14)25)17-8-7-16(12-29)33-17/h2-3,5-6,11,16-17,19,26,29-30H,7-10,12H2,(H2,25,27,31). The number of rotatable bonds is 7. The number of nitrogens with zero attached hydrogens (tertiary/aromatic N) is 2. The van der Waals surface area contributed by atoms with Crippen molar-refractivity contribution in [3.8, 4) is 17.6 Å². The summed E-state index contributed by atoms with van der Waals surface area (Å²) in [7, 11) is 0. The molecule has 1 aliphatic heterocycles. The van der Waals surface area contributed by atoms with Gasteiger partial charge in [-0.25, -0.2) is 4.79 Å². The van der Waals surface area contributed by atoms with Gasteiger partial charge in [0, 0.05) is 18.3 Å². The average molecular weight is 468 g/mol. The van der Waals surface area contributed by atoms with Crippen molar-refractivity contribution < 1.29 is 32.9 Å². The van der Waals surface area contributed by atoms with Gasteiger partial charge >= 0.3 is 11.9 Å². The van der Waals surface area contributed by atoms with Crippen molar-refractivity contribution in [1.29, 1.82) is 0 Å². The number of aliphatic hydroxyl groups excluding tert-OH is 2. The fourth-order valence-electron chi connectivity index (χ4n) is 3.06. The van der Waals surface area contributed by atoms with Gasteiger partial charge in [-0.3, -0.25) is 9.88 Å². The minimum Gasteiger partial charge on any atom is -0.492 e. The number of nitrogens with one attached hydrogen (secondary N) is 1. The first kappa shape index (κ1) is 24.5. The molecule has 0 bridgehead atoms. The predicted octanol–water partition coefficient (Wildman–Crippen LogP) is 0.744. The number of alkyl halides is 3. The van der Waals surface area contributed by atoms with E-state index < -0.39 is 24.3 Å². The number of aliphatic hydroxyl groups is 2. The maximum atomic E-state index is 12.2. The maximum absolute atomic E-state index is 12.2. The normalized spacial score (nSPS) is 19.1. The van der Waals surface area contributed by atoms with Crippen molar-refractivity contribution in [3.05, 3.63) is 52.1 Å². The number of aromatic nitrogens is 2. The second-order valence-corrected chi connectivity index (χ2v) is 7.22. The van der Waals surface area contributed by atoms with Crippen LogP contribution in [0.4, 0.5) is 19.0 Å². The third kappa shape index (κ3) is 6.69. The van der Waals surface area contributed by atoms with Gasteiger partial charge < -0.3 is 25.4 Å². The molecule has 1 aliphatic rings. The highest BCUT2D eigenvalue weighted by molar-refractivity contribution is 5.52. The van der Waals surface area contributed by atoms with Gasteiger partial charge in [-0.2, -0.15) is 18.2 Å². The lowest BCUT2D eigenvalue weighted by Crippen LogP contribution is -2.43. The fourth-order valence-corrected chi connectivity index (χ4v) is 3.06. The van der Waals surface area contributed by atoms with Crippen LogP contribution in [0.3, 0.4) is 0 Å². The van der Waals surface area contributed by atoms with Crippen LogP contribution >= 0.6 is 0 Å². The van der Waals surface area contributed by atoms with E-state index in [0.717, 1.165) is 0 Å². The van der Waals surface area contributed by atoms with Crippen LogP contribution < -0.4 is 21.5 Å². The summed E-state index contributed by atoms with van der Waals surface area (Å²) in [5.41, 5.74) is 6.19. The maximum Gasteiger partial charge on any atom is 0.427 e. The quantitative estimate of drug-likeness (QED) is 0.266. The highest BCUT2D eigenvalue weighted by Gasteiger charge is 2.37. The van der Waals surface area contributed by atoms with Crippen LogP contribution in [0, 0.1) is 11.8 Å². The molecule has 5 N–H and O–H groups in total. The summed E-state index contributed by atoms with van der Waals surface area (Å²) >= 11 is 0. The van der Waals surface area contributed by atoms with E-state index in [1.807, 2.05) is 5.32 Å². The van der Waals surface area contributed by atoms with Crippen LogP contribution in [0.15, 0.2) is 35.3 Å². The van der Waals surface area contributed by atoms with Crippen LogP contribution in [0.2, 0.25) is 0 Å². The van der Waals surface area contributed by atoms with E-state index in [4.69, 9.17) is 20.3 Å². The monoisotopic (exact) mass is 468 g/mol. The molecular formula is C21H23F3N4O5. The van der Waals surface area contributed by atoms with Crippen LogP contribution in [0.25, 0.3) is 0 Å². The minimum atomic E-state index is -4.74. The van der Waals surface area contributed by atoms with Crippen molar-refractivity contribution in [1.82, 2.24) is 14.9 Å². The fraction of sp³-hybridized carbons (Fsp3) is 0.429. The number of nitrogen functional groups attached to an aromatic ring is 1. The van der Waals surface area contributed by atoms with Crippen LogP contribution in [0.5, 0.6) is 5.75 Å². The number of halogens is 3. The summed E-state index contributed by atoms with van der Waals surface area (Å²) in [6.07, 6.45) is -5.58. The largest absolute Gasteiger partial charge is 0.492 e.